The Kier molecular flexibility index (Phi) is 4.86. The summed E-state index contributed by atoms with van der Waals surface area (Å²) >= 11 is 0. The zero-order valence-electron chi connectivity index (χ0n) is 12.7. The molecule has 1 aromatic carbocycles. The summed E-state index contributed by atoms with van der Waals surface area (Å²) in [7, 11) is -3.31. The highest BCUT2D eigenvalue weighted by molar-refractivity contribution is 7.89. The highest BCUT2D eigenvalue weighted by Crippen LogP contribution is 2.23. The Balaban J connectivity index is 2.17. The van der Waals surface area contributed by atoms with Gasteiger partial charge in [0.05, 0.1) is 4.90 Å². The fourth-order valence-electron chi connectivity index (χ4n) is 2.78. The van der Waals surface area contributed by atoms with Gasteiger partial charge in [-0.15, -0.1) is 0 Å². The van der Waals surface area contributed by atoms with Gasteiger partial charge in [0, 0.05) is 13.1 Å². The summed E-state index contributed by atoms with van der Waals surface area (Å²) in [4.78, 5) is 0.430. The van der Waals surface area contributed by atoms with Crippen LogP contribution in [0.5, 0.6) is 0 Å². The molecule has 1 aromatic rings. The van der Waals surface area contributed by atoms with Gasteiger partial charge in [-0.05, 0) is 48.8 Å². The van der Waals surface area contributed by atoms with Gasteiger partial charge < -0.3 is 0 Å². The van der Waals surface area contributed by atoms with E-state index >= 15 is 0 Å². The smallest absolute Gasteiger partial charge is 0.207 e. The highest BCUT2D eigenvalue weighted by atomic mass is 32.2. The van der Waals surface area contributed by atoms with Crippen molar-refractivity contribution in [3.05, 3.63) is 29.8 Å². The first-order valence-corrected chi connectivity index (χ1v) is 8.92. The van der Waals surface area contributed by atoms with Crippen LogP contribution in [0.15, 0.2) is 29.2 Å². The molecule has 0 aromatic heterocycles. The molecule has 1 heterocycles. The van der Waals surface area contributed by atoms with Crippen molar-refractivity contribution in [3.8, 4) is 0 Å². The minimum atomic E-state index is -3.31. The van der Waals surface area contributed by atoms with Crippen LogP contribution in [0.2, 0.25) is 0 Å². The molecule has 1 fully saturated rings. The van der Waals surface area contributed by atoms with Gasteiger partial charge in [0.15, 0.2) is 0 Å². The maximum Gasteiger partial charge on any atom is 0.243 e. The third-order valence-electron chi connectivity index (χ3n) is 3.82. The van der Waals surface area contributed by atoms with Crippen LogP contribution in [0.1, 0.15) is 39.2 Å². The molecule has 20 heavy (non-hydrogen) atoms. The molecule has 0 N–H and O–H groups in total. The molecule has 0 unspecified atom stereocenters. The quantitative estimate of drug-likeness (QED) is 0.854. The Morgan fingerprint density at radius 2 is 1.90 bits per heavy atom. The summed E-state index contributed by atoms with van der Waals surface area (Å²) in [6.45, 7) is 7.75. The minimum Gasteiger partial charge on any atom is -0.207 e. The van der Waals surface area contributed by atoms with Gasteiger partial charge in [-0.2, -0.15) is 4.31 Å². The molecular weight excluding hydrogens is 270 g/mol. The topological polar surface area (TPSA) is 37.4 Å². The average molecular weight is 295 g/mol. The predicted octanol–water partition coefficient (Wildman–Crippen LogP) is 3.31. The van der Waals surface area contributed by atoms with Crippen molar-refractivity contribution in [1.82, 2.24) is 4.31 Å². The molecule has 2 rings (SSSR count). The summed E-state index contributed by atoms with van der Waals surface area (Å²) in [6.07, 6.45) is 3.08. The van der Waals surface area contributed by atoms with Gasteiger partial charge in [-0.1, -0.05) is 32.9 Å². The molecule has 1 atom stereocenters. The van der Waals surface area contributed by atoms with Gasteiger partial charge in [0.2, 0.25) is 10.0 Å². The number of hydrogen-bond acceptors (Lipinski definition) is 2. The van der Waals surface area contributed by atoms with Crippen LogP contribution in [0.25, 0.3) is 0 Å². The monoisotopic (exact) mass is 295 g/mol. The summed E-state index contributed by atoms with van der Waals surface area (Å²) in [5.41, 5.74) is 1.20. The van der Waals surface area contributed by atoms with Crippen LogP contribution in [0.3, 0.4) is 0 Å². The maximum absolute atomic E-state index is 12.6. The maximum atomic E-state index is 12.6. The van der Waals surface area contributed by atoms with Crippen LogP contribution in [-0.4, -0.2) is 25.8 Å². The fourth-order valence-corrected chi connectivity index (χ4v) is 4.38. The second-order valence-electron chi connectivity index (χ2n) is 6.35. The third kappa shape index (κ3) is 3.61. The Labute approximate surface area is 123 Å². The number of hydrogen-bond donors (Lipinski definition) is 0. The summed E-state index contributed by atoms with van der Waals surface area (Å²) in [6, 6.07) is 7.40. The number of rotatable bonds is 4. The first-order valence-electron chi connectivity index (χ1n) is 7.48. The standard InChI is InChI=1S/C16H25NO2S/c1-13(2)11-15-6-8-16(9-7-15)20(18,19)17-10-4-5-14(3)12-17/h6-9,13-14H,4-5,10-12H2,1-3H3/t14-/m1/s1. The Bertz CT molecular complexity index is 534. The molecule has 3 nitrogen and oxygen atoms in total. The van der Waals surface area contributed by atoms with Gasteiger partial charge >= 0.3 is 0 Å². The molecule has 0 radical (unpaired) electrons. The van der Waals surface area contributed by atoms with Crippen molar-refractivity contribution in [3.63, 3.8) is 0 Å². The number of sulfonamides is 1. The van der Waals surface area contributed by atoms with Gasteiger partial charge in [-0.3, -0.25) is 0 Å². The van der Waals surface area contributed by atoms with E-state index in [0.717, 1.165) is 19.3 Å². The van der Waals surface area contributed by atoms with Crippen LogP contribution in [0.4, 0.5) is 0 Å². The van der Waals surface area contributed by atoms with Crippen molar-refractivity contribution in [1.29, 1.82) is 0 Å². The van der Waals surface area contributed by atoms with Crippen molar-refractivity contribution in [2.75, 3.05) is 13.1 Å². The van der Waals surface area contributed by atoms with Crippen LogP contribution in [0, 0.1) is 11.8 Å². The lowest BCUT2D eigenvalue weighted by atomic mass is 10.0. The second kappa shape index (κ2) is 6.27. The highest BCUT2D eigenvalue weighted by Gasteiger charge is 2.28. The van der Waals surface area contributed by atoms with E-state index < -0.39 is 10.0 Å². The lowest BCUT2D eigenvalue weighted by Crippen LogP contribution is -2.39. The molecule has 1 aliphatic rings. The van der Waals surface area contributed by atoms with E-state index in [1.165, 1.54) is 5.56 Å². The van der Waals surface area contributed by atoms with E-state index in [4.69, 9.17) is 0 Å². The molecule has 4 heteroatoms. The number of piperidine rings is 1. The average Bonchev–Trinajstić information content (AvgIpc) is 2.38. The number of nitrogens with zero attached hydrogens (tertiary/aromatic N) is 1. The van der Waals surface area contributed by atoms with E-state index in [1.54, 1.807) is 16.4 Å². The van der Waals surface area contributed by atoms with E-state index in [1.807, 2.05) is 12.1 Å². The predicted molar refractivity (Wildman–Crippen MR) is 82.1 cm³/mol. The SMILES string of the molecule is CC(C)Cc1ccc(S(=O)(=O)N2CCC[C@@H](C)C2)cc1. The lowest BCUT2D eigenvalue weighted by molar-refractivity contribution is 0.281. The fraction of sp³-hybridized carbons (Fsp3) is 0.625. The Morgan fingerprint density at radius 1 is 1.25 bits per heavy atom. The minimum absolute atomic E-state index is 0.430. The molecule has 0 bridgehead atoms. The van der Waals surface area contributed by atoms with Crippen molar-refractivity contribution < 1.29 is 8.42 Å². The van der Waals surface area contributed by atoms with Crippen molar-refractivity contribution in [2.24, 2.45) is 11.8 Å². The molecule has 1 saturated heterocycles. The molecular formula is C16H25NO2S. The molecule has 0 saturated carbocycles. The molecule has 1 aliphatic heterocycles. The van der Waals surface area contributed by atoms with Crippen LogP contribution >= 0.6 is 0 Å². The summed E-state index contributed by atoms with van der Waals surface area (Å²) in [5.74, 6) is 1.04. The van der Waals surface area contributed by atoms with Crippen LogP contribution in [-0.2, 0) is 16.4 Å². The lowest BCUT2D eigenvalue weighted by Gasteiger charge is -2.30. The largest absolute Gasteiger partial charge is 0.243 e. The van der Waals surface area contributed by atoms with Gasteiger partial charge in [0.25, 0.3) is 0 Å². The van der Waals surface area contributed by atoms with E-state index in [0.29, 0.717) is 29.8 Å². The van der Waals surface area contributed by atoms with E-state index in [-0.39, 0.29) is 0 Å². The van der Waals surface area contributed by atoms with Crippen molar-refractivity contribution in [2.45, 2.75) is 44.9 Å². The van der Waals surface area contributed by atoms with Gasteiger partial charge in [-0.25, -0.2) is 8.42 Å². The first-order chi connectivity index (χ1) is 9.39. The zero-order chi connectivity index (χ0) is 14.8. The first kappa shape index (κ1) is 15.5. The molecule has 112 valence electrons. The Morgan fingerprint density at radius 3 is 2.45 bits per heavy atom. The van der Waals surface area contributed by atoms with Crippen molar-refractivity contribution >= 4 is 10.0 Å². The Hall–Kier alpha value is -0.870. The van der Waals surface area contributed by atoms with E-state index in [9.17, 15) is 8.42 Å². The second-order valence-corrected chi connectivity index (χ2v) is 8.29. The normalized spacial score (nSPS) is 21.3. The summed E-state index contributed by atoms with van der Waals surface area (Å²) in [5, 5.41) is 0. The third-order valence-corrected chi connectivity index (χ3v) is 5.70. The number of benzene rings is 1. The van der Waals surface area contributed by atoms with Gasteiger partial charge in [0.1, 0.15) is 0 Å². The van der Waals surface area contributed by atoms with E-state index in [2.05, 4.69) is 20.8 Å². The molecule has 0 aliphatic carbocycles. The summed E-state index contributed by atoms with van der Waals surface area (Å²) < 4.78 is 26.8. The van der Waals surface area contributed by atoms with Crippen LogP contribution < -0.4 is 0 Å². The molecule has 0 spiro atoms. The molecule has 0 amide bonds. The zero-order valence-corrected chi connectivity index (χ0v) is 13.5.